The molecule has 1 aliphatic rings. The highest BCUT2D eigenvalue weighted by Crippen LogP contribution is 2.19. The molecule has 1 heterocycles. The molecule has 2 rings (SSSR count). The summed E-state index contributed by atoms with van der Waals surface area (Å²) in [6.07, 6.45) is 3.60. The van der Waals surface area contributed by atoms with Crippen molar-refractivity contribution in [1.82, 2.24) is 10.3 Å². The first-order valence-corrected chi connectivity index (χ1v) is 5.57. The predicted octanol–water partition coefficient (Wildman–Crippen LogP) is 1.03. The zero-order valence-electron chi connectivity index (χ0n) is 9.31. The molecule has 1 amide bonds. The summed E-state index contributed by atoms with van der Waals surface area (Å²) in [4.78, 5) is 15.9. The van der Waals surface area contributed by atoms with Crippen molar-refractivity contribution < 1.29 is 9.90 Å². The van der Waals surface area contributed by atoms with E-state index in [4.69, 9.17) is 0 Å². The average molecular weight is 220 g/mol. The number of pyridine rings is 1. The predicted molar refractivity (Wildman–Crippen MR) is 60.1 cm³/mol. The van der Waals surface area contributed by atoms with Crippen molar-refractivity contribution in [2.45, 2.75) is 38.3 Å². The van der Waals surface area contributed by atoms with Crippen LogP contribution >= 0.6 is 0 Å². The fourth-order valence-electron chi connectivity index (χ4n) is 1.96. The van der Waals surface area contributed by atoms with E-state index in [1.165, 1.54) is 0 Å². The summed E-state index contributed by atoms with van der Waals surface area (Å²) >= 11 is 0. The van der Waals surface area contributed by atoms with Gasteiger partial charge in [-0.25, -0.2) is 0 Å². The minimum Gasteiger partial charge on any atom is -0.393 e. The van der Waals surface area contributed by atoms with Gasteiger partial charge in [0.15, 0.2) is 0 Å². The molecule has 1 aromatic rings. The molecular weight excluding hydrogens is 204 g/mol. The highest BCUT2D eigenvalue weighted by atomic mass is 16.3. The van der Waals surface area contributed by atoms with Crippen LogP contribution in [0.2, 0.25) is 0 Å². The number of nitrogens with one attached hydrogen (secondary N) is 1. The number of carbonyl (C=O) groups is 1. The number of amides is 1. The SMILES string of the molecule is Cc1ccc(C(=O)NC2CCC(O)C2)cn1. The van der Waals surface area contributed by atoms with E-state index in [0.717, 1.165) is 18.5 Å². The van der Waals surface area contributed by atoms with Crippen molar-refractivity contribution in [3.05, 3.63) is 29.6 Å². The molecule has 86 valence electrons. The Morgan fingerprint density at radius 2 is 2.31 bits per heavy atom. The summed E-state index contributed by atoms with van der Waals surface area (Å²) < 4.78 is 0. The highest BCUT2D eigenvalue weighted by molar-refractivity contribution is 5.94. The Kier molecular flexibility index (Phi) is 3.19. The number of aryl methyl sites for hydroxylation is 1. The van der Waals surface area contributed by atoms with Crippen molar-refractivity contribution in [3.8, 4) is 0 Å². The van der Waals surface area contributed by atoms with Gasteiger partial charge in [-0.2, -0.15) is 0 Å². The maximum absolute atomic E-state index is 11.8. The van der Waals surface area contributed by atoms with Gasteiger partial charge < -0.3 is 10.4 Å². The molecule has 1 aromatic heterocycles. The van der Waals surface area contributed by atoms with Crippen LogP contribution in [-0.4, -0.2) is 28.1 Å². The first-order valence-electron chi connectivity index (χ1n) is 5.57. The Bertz CT molecular complexity index is 375. The Morgan fingerprint density at radius 3 is 2.88 bits per heavy atom. The van der Waals surface area contributed by atoms with E-state index in [9.17, 15) is 9.90 Å². The number of nitrogens with zero attached hydrogens (tertiary/aromatic N) is 1. The lowest BCUT2D eigenvalue weighted by molar-refractivity contribution is 0.0933. The molecule has 2 atom stereocenters. The molecule has 4 nitrogen and oxygen atoms in total. The lowest BCUT2D eigenvalue weighted by atomic mass is 10.2. The fraction of sp³-hybridized carbons (Fsp3) is 0.500. The van der Waals surface area contributed by atoms with Gasteiger partial charge in [0.1, 0.15) is 0 Å². The molecular formula is C12H16N2O2. The van der Waals surface area contributed by atoms with E-state index in [2.05, 4.69) is 10.3 Å². The maximum atomic E-state index is 11.8. The van der Waals surface area contributed by atoms with E-state index in [0.29, 0.717) is 12.0 Å². The Hall–Kier alpha value is -1.42. The number of aliphatic hydroxyl groups is 1. The van der Waals surface area contributed by atoms with Crippen molar-refractivity contribution in [2.24, 2.45) is 0 Å². The van der Waals surface area contributed by atoms with E-state index in [1.807, 2.05) is 13.0 Å². The standard InChI is InChI=1S/C12H16N2O2/c1-8-2-3-9(7-13-8)12(16)14-10-4-5-11(15)6-10/h2-3,7,10-11,15H,4-6H2,1H3,(H,14,16). The van der Waals surface area contributed by atoms with Gasteiger partial charge in [0.25, 0.3) is 5.91 Å². The number of carbonyl (C=O) groups excluding carboxylic acids is 1. The van der Waals surface area contributed by atoms with Crippen LogP contribution in [0.15, 0.2) is 18.3 Å². The number of hydrogen-bond donors (Lipinski definition) is 2. The second-order valence-corrected chi connectivity index (χ2v) is 4.33. The largest absolute Gasteiger partial charge is 0.393 e. The van der Waals surface area contributed by atoms with E-state index < -0.39 is 0 Å². The Morgan fingerprint density at radius 1 is 1.50 bits per heavy atom. The van der Waals surface area contributed by atoms with Gasteiger partial charge >= 0.3 is 0 Å². The fourth-order valence-corrected chi connectivity index (χ4v) is 1.96. The van der Waals surface area contributed by atoms with Crippen LogP contribution in [0.1, 0.15) is 35.3 Å². The van der Waals surface area contributed by atoms with Crippen LogP contribution in [0, 0.1) is 6.92 Å². The van der Waals surface area contributed by atoms with Crippen LogP contribution in [-0.2, 0) is 0 Å². The molecule has 1 aliphatic carbocycles. The van der Waals surface area contributed by atoms with Gasteiger partial charge in [-0.05, 0) is 38.3 Å². The van der Waals surface area contributed by atoms with Crippen molar-refractivity contribution in [2.75, 3.05) is 0 Å². The quantitative estimate of drug-likeness (QED) is 0.782. The summed E-state index contributed by atoms with van der Waals surface area (Å²) in [5.41, 5.74) is 1.47. The lowest BCUT2D eigenvalue weighted by Crippen LogP contribution is -2.33. The third-order valence-corrected chi connectivity index (χ3v) is 2.91. The minimum atomic E-state index is -0.263. The molecule has 0 aromatic carbocycles. The third kappa shape index (κ3) is 2.58. The first kappa shape index (κ1) is 11.1. The molecule has 16 heavy (non-hydrogen) atoms. The summed E-state index contributed by atoms with van der Waals surface area (Å²) in [5.74, 6) is -0.105. The maximum Gasteiger partial charge on any atom is 0.253 e. The second-order valence-electron chi connectivity index (χ2n) is 4.33. The average Bonchev–Trinajstić information content (AvgIpc) is 2.65. The normalized spacial score (nSPS) is 24.4. The molecule has 0 radical (unpaired) electrons. The molecule has 1 fully saturated rings. The van der Waals surface area contributed by atoms with Crippen LogP contribution in [0.4, 0.5) is 0 Å². The molecule has 0 aliphatic heterocycles. The van der Waals surface area contributed by atoms with Gasteiger partial charge in [0, 0.05) is 17.9 Å². The van der Waals surface area contributed by atoms with Crippen molar-refractivity contribution in [3.63, 3.8) is 0 Å². The van der Waals surface area contributed by atoms with Crippen LogP contribution < -0.4 is 5.32 Å². The highest BCUT2D eigenvalue weighted by Gasteiger charge is 2.24. The molecule has 2 unspecified atom stereocenters. The van der Waals surface area contributed by atoms with Gasteiger partial charge in [-0.15, -0.1) is 0 Å². The summed E-state index contributed by atoms with van der Waals surface area (Å²) in [6, 6.07) is 3.69. The van der Waals surface area contributed by atoms with Crippen LogP contribution in [0.5, 0.6) is 0 Å². The second kappa shape index (κ2) is 4.61. The molecule has 2 N–H and O–H groups in total. The molecule has 0 spiro atoms. The summed E-state index contributed by atoms with van der Waals surface area (Å²) in [5, 5.41) is 12.3. The third-order valence-electron chi connectivity index (χ3n) is 2.91. The van der Waals surface area contributed by atoms with Gasteiger partial charge in [-0.1, -0.05) is 0 Å². The zero-order valence-corrected chi connectivity index (χ0v) is 9.31. The zero-order chi connectivity index (χ0) is 11.5. The van der Waals surface area contributed by atoms with Crippen LogP contribution in [0.3, 0.4) is 0 Å². The van der Waals surface area contributed by atoms with Gasteiger partial charge in [0.05, 0.1) is 11.7 Å². The van der Waals surface area contributed by atoms with E-state index in [1.54, 1.807) is 12.3 Å². The Balaban J connectivity index is 1.95. The lowest BCUT2D eigenvalue weighted by Gasteiger charge is -2.11. The Labute approximate surface area is 94.7 Å². The summed E-state index contributed by atoms with van der Waals surface area (Å²) in [6.45, 7) is 1.88. The smallest absolute Gasteiger partial charge is 0.253 e. The first-order chi connectivity index (χ1) is 7.65. The molecule has 0 saturated heterocycles. The molecule has 0 bridgehead atoms. The van der Waals surface area contributed by atoms with Gasteiger partial charge in [0.2, 0.25) is 0 Å². The number of hydrogen-bond acceptors (Lipinski definition) is 3. The van der Waals surface area contributed by atoms with Gasteiger partial charge in [-0.3, -0.25) is 9.78 Å². The topological polar surface area (TPSA) is 62.2 Å². The number of aliphatic hydroxyl groups excluding tert-OH is 1. The number of rotatable bonds is 2. The summed E-state index contributed by atoms with van der Waals surface area (Å²) in [7, 11) is 0. The monoisotopic (exact) mass is 220 g/mol. The molecule has 1 saturated carbocycles. The molecule has 4 heteroatoms. The van der Waals surface area contributed by atoms with Crippen molar-refractivity contribution >= 4 is 5.91 Å². The van der Waals surface area contributed by atoms with E-state index >= 15 is 0 Å². The van der Waals surface area contributed by atoms with E-state index in [-0.39, 0.29) is 18.1 Å². The van der Waals surface area contributed by atoms with Crippen molar-refractivity contribution in [1.29, 1.82) is 0 Å². The van der Waals surface area contributed by atoms with Crippen LogP contribution in [0.25, 0.3) is 0 Å². The number of aromatic nitrogens is 1. The minimum absolute atomic E-state index is 0.101.